The second-order valence-corrected chi connectivity index (χ2v) is 4.75. The third kappa shape index (κ3) is 2.20. The number of nitrogens with two attached hydrogens (primary N) is 1. The third-order valence-electron chi connectivity index (χ3n) is 3.67. The van der Waals surface area contributed by atoms with E-state index < -0.39 is 12.0 Å². The van der Waals surface area contributed by atoms with Crippen LogP contribution in [0.25, 0.3) is 0 Å². The van der Waals surface area contributed by atoms with Gasteiger partial charge in [0.1, 0.15) is 6.04 Å². The molecule has 3 N–H and O–H groups in total. The fourth-order valence-corrected chi connectivity index (χ4v) is 2.80. The maximum atomic E-state index is 11.3. The zero-order chi connectivity index (χ0) is 13.1. The molecule has 1 aliphatic rings. The molecule has 0 amide bonds. The molecule has 0 spiro atoms. The van der Waals surface area contributed by atoms with Crippen LogP contribution in [0.15, 0.2) is 24.3 Å². The van der Waals surface area contributed by atoms with Crippen molar-refractivity contribution in [1.82, 2.24) is 0 Å². The van der Waals surface area contributed by atoms with Gasteiger partial charge in [-0.15, -0.1) is 0 Å². The Morgan fingerprint density at radius 1 is 1.56 bits per heavy atom. The zero-order valence-electron chi connectivity index (χ0n) is 10.7. The number of anilines is 1. The molecule has 1 aromatic carbocycles. The number of para-hydroxylation sites is 1. The van der Waals surface area contributed by atoms with Gasteiger partial charge in [0.2, 0.25) is 0 Å². The summed E-state index contributed by atoms with van der Waals surface area (Å²) in [5, 5.41) is 9.31. The second-order valence-electron chi connectivity index (χ2n) is 4.75. The molecule has 1 heterocycles. The van der Waals surface area contributed by atoms with Gasteiger partial charge >= 0.3 is 5.97 Å². The van der Waals surface area contributed by atoms with Crippen molar-refractivity contribution in [1.29, 1.82) is 0 Å². The average Bonchev–Trinajstić information content (AvgIpc) is 2.70. The summed E-state index contributed by atoms with van der Waals surface area (Å²) in [5.41, 5.74) is 7.94. The highest BCUT2D eigenvalue weighted by Crippen LogP contribution is 2.39. The maximum absolute atomic E-state index is 11.3. The summed E-state index contributed by atoms with van der Waals surface area (Å²) >= 11 is 0. The van der Waals surface area contributed by atoms with Crippen LogP contribution in [0.4, 0.5) is 5.69 Å². The van der Waals surface area contributed by atoms with E-state index >= 15 is 0 Å². The standard InChI is InChI=1S/C14H20N2O2/c1-2-12(14(17)18)16-9-10(7-8-15)11-5-3-4-6-13(11)16/h3-6,10,12H,2,7-9,15H2,1H3,(H,17,18). The number of benzene rings is 1. The minimum Gasteiger partial charge on any atom is -0.480 e. The normalized spacial score (nSPS) is 19.7. The van der Waals surface area contributed by atoms with E-state index in [0.717, 1.165) is 18.7 Å². The molecule has 4 nitrogen and oxygen atoms in total. The Morgan fingerprint density at radius 2 is 2.28 bits per heavy atom. The quantitative estimate of drug-likeness (QED) is 0.834. The Hall–Kier alpha value is -1.55. The molecule has 0 aliphatic carbocycles. The highest BCUT2D eigenvalue weighted by atomic mass is 16.4. The monoisotopic (exact) mass is 248 g/mol. The van der Waals surface area contributed by atoms with Gasteiger partial charge < -0.3 is 15.7 Å². The van der Waals surface area contributed by atoms with E-state index in [4.69, 9.17) is 5.73 Å². The molecule has 1 aliphatic heterocycles. The number of carboxylic acids is 1. The highest BCUT2D eigenvalue weighted by molar-refractivity contribution is 5.80. The minimum atomic E-state index is -0.749. The van der Waals surface area contributed by atoms with Crippen molar-refractivity contribution in [3.8, 4) is 0 Å². The fourth-order valence-electron chi connectivity index (χ4n) is 2.80. The molecule has 0 aromatic heterocycles. The largest absolute Gasteiger partial charge is 0.480 e. The van der Waals surface area contributed by atoms with Gasteiger partial charge in [-0.25, -0.2) is 4.79 Å². The summed E-state index contributed by atoms with van der Waals surface area (Å²) in [6, 6.07) is 7.63. The van der Waals surface area contributed by atoms with E-state index in [2.05, 4.69) is 6.07 Å². The Kier molecular flexibility index (Phi) is 3.87. The van der Waals surface area contributed by atoms with Crippen molar-refractivity contribution < 1.29 is 9.90 Å². The topological polar surface area (TPSA) is 66.6 Å². The van der Waals surface area contributed by atoms with Gasteiger partial charge in [-0.2, -0.15) is 0 Å². The zero-order valence-corrected chi connectivity index (χ0v) is 10.7. The number of carbonyl (C=O) groups is 1. The van der Waals surface area contributed by atoms with Crippen molar-refractivity contribution in [2.75, 3.05) is 18.0 Å². The summed E-state index contributed by atoms with van der Waals surface area (Å²) in [6.07, 6.45) is 1.52. The van der Waals surface area contributed by atoms with E-state index in [1.54, 1.807) is 0 Å². The lowest BCUT2D eigenvalue weighted by atomic mass is 9.98. The van der Waals surface area contributed by atoms with E-state index in [-0.39, 0.29) is 0 Å². The molecular formula is C14H20N2O2. The van der Waals surface area contributed by atoms with Crippen molar-refractivity contribution >= 4 is 11.7 Å². The molecule has 0 bridgehead atoms. The predicted molar refractivity (Wildman–Crippen MR) is 71.9 cm³/mol. The molecule has 0 radical (unpaired) electrons. The number of fused-ring (bicyclic) bond motifs is 1. The van der Waals surface area contributed by atoms with Gasteiger partial charge in [0.25, 0.3) is 0 Å². The van der Waals surface area contributed by atoms with Crippen LogP contribution in [0.1, 0.15) is 31.2 Å². The number of hydrogen-bond acceptors (Lipinski definition) is 3. The molecule has 1 aromatic rings. The van der Waals surface area contributed by atoms with Crippen molar-refractivity contribution in [2.45, 2.75) is 31.7 Å². The Balaban J connectivity index is 2.32. The predicted octanol–water partition coefficient (Wildman–Crippen LogP) is 1.80. The summed E-state index contributed by atoms with van der Waals surface area (Å²) in [6.45, 7) is 3.32. The van der Waals surface area contributed by atoms with E-state index in [1.165, 1.54) is 5.56 Å². The minimum absolute atomic E-state index is 0.361. The Labute approximate surface area is 107 Å². The number of nitrogens with zero attached hydrogens (tertiary/aromatic N) is 1. The lowest BCUT2D eigenvalue weighted by molar-refractivity contribution is -0.138. The molecule has 2 atom stereocenters. The number of carboxylic acid groups (broad SMARTS) is 1. The van der Waals surface area contributed by atoms with E-state index in [0.29, 0.717) is 18.9 Å². The lowest BCUT2D eigenvalue weighted by Crippen LogP contribution is -2.40. The summed E-state index contributed by atoms with van der Waals surface area (Å²) in [7, 11) is 0. The average molecular weight is 248 g/mol. The van der Waals surface area contributed by atoms with E-state index in [9.17, 15) is 9.90 Å². The Bertz CT molecular complexity index is 434. The molecule has 2 unspecified atom stereocenters. The fraction of sp³-hybridized carbons (Fsp3) is 0.500. The van der Waals surface area contributed by atoms with Crippen LogP contribution in [0.3, 0.4) is 0 Å². The van der Waals surface area contributed by atoms with Crippen LogP contribution >= 0.6 is 0 Å². The molecule has 18 heavy (non-hydrogen) atoms. The van der Waals surface area contributed by atoms with Crippen LogP contribution in [0, 0.1) is 0 Å². The van der Waals surface area contributed by atoms with Crippen molar-refractivity contribution in [3.63, 3.8) is 0 Å². The van der Waals surface area contributed by atoms with Crippen LogP contribution in [0.5, 0.6) is 0 Å². The second kappa shape index (κ2) is 5.40. The lowest BCUT2D eigenvalue weighted by Gasteiger charge is -2.26. The van der Waals surface area contributed by atoms with Crippen LogP contribution in [-0.4, -0.2) is 30.2 Å². The highest BCUT2D eigenvalue weighted by Gasteiger charge is 2.34. The molecule has 98 valence electrons. The molecule has 0 fully saturated rings. The molecular weight excluding hydrogens is 228 g/mol. The third-order valence-corrected chi connectivity index (χ3v) is 3.67. The number of aliphatic carboxylic acids is 1. The van der Waals surface area contributed by atoms with Gasteiger partial charge in [0.15, 0.2) is 0 Å². The smallest absolute Gasteiger partial charge is 0.326 e. The first-order valence-corrected chi connectivity index (χ1v) is 6.47. The first kappa shape index (κ1) is 12.9. The van der Waals surface area contributed by atoms with Crippen LogP contribution in [0.2, 0.25) is 0 Å². The van der Waals surface area contributed by atoms with Gasteiger partial charge in [0, 0.05) is 18.2 Å². The van der Waals surface area contributed by atoms with Gasteiger partial charge in [-0.05, 0) is 31.0 Å². The number of rotatable bonds is 5. The SMILES string of the molecule is CCC(C(=O)O)N1CC(CCN)c2ccccc21. The van der Waals surface area contributed by atoms with Crippen LogP contribution in [-0.2, 0) is 4.79 Å². The summed E-state index contributed by atoms with van der Waals surface area (Å²) < 4.78 is 0. The number of hydrogen-bond donors (Lipinski definition) is 2. The molecule has 4 heteroatoms. The maximum Gasteiger partial charge on any atom is 0.326 e. The Morgan fingerprint density at radius 3 is 2.89 bits per heavy atom. The summed E-state index contributed by atoms with van der Waals surface area (Å²) in [5.74, 6) is -0.389. The molecule has 2 rings (SSSR count). The van der Waals surface area contributed by atoms with Crippen molar-refractivity contribution in [2.24, 2.45) is 5.73 Å². The van der Waals surface area contributed by atoms with Crippen LogP contribution < -0.4 is 10.6 Å². The molecule has 0 saturated carbocycles. The van der Waals surface area contributed by atoms with Gasteiger partial charge in [-0.1, -0.05) is 25.1 Å². The first-order chi connectivity index (χ1) is 8.69. The van der Waals surface area contributed by atoms with Crippen molar-refractivity contribution in [3.05, 3.63) is 29.8 Å². The molecule has 0 saturated heterocycles. The van der Waals surface area contributed by atoms with E-state index in [1.807, 2.05) is 30.0 Å². The first-order valence-electron chi connectivity index (χ1n) is 6.47. The summed E-state index contributed by atoms with van der Waals surface area (Å²) in [4.78, 5) is 13.3. The van der Waals surface area contributed by atoms with Gasteiger partial charge in [0.05, 0.1) is 0 Å². The van der Waals surface area contributed by atoms with Gasteiger partial charge in [-0.3, -0.25) is 0 Å².